The van der Waals surface area contributed by atoms with Gasteiger partial charge in [0.15, 0.2) is 0 Å². The van der Waals surface area contributed by atoms with Gasteiger partial charge in [-0.2, -0.15) is 0 Å². The zero-order valence-electron chi connectivity index (χ0n) is 11.1. The molecule has 5 N–H and O–H groups in total. The van der Waals surface area contributed by atoms with Gasteiger partial charge in [0.1, 0.15) is 0 Å². The first-order valence-electron chi connectivity index (χ1n) is 6.20. The quantitative estimate of drug-likeness (QED) is 0.756. The van der Waals surface area contributed by atoms with E-state index in [1.807, 2.05) is 31.2 Å². The highest BCUT2D eigenvalue weighted by molar-refractivity contribution is 6.34. The molecule has 0 aliphatic heterocycles. The summed E-state index contributed by atoms with van der Waals surface area (Å²) in [5.41, 5.74) is 13.8. The van der Waals surface area contributed by atoms with Gasteiger partial charge in [-0.25, -0.2) is 0 Å². The van der Waals surface area contributed by atoms with Crippen LogP contribution in [0.2, 0.25) is 5.02 Å². The van der Waals surface area contributed by atoms with Crippen molar-refractivity contribution in [1.82, 2.24) is 0 Å². The van der Waals surface area contributed by atoms with E-state index < -0.39 is 5.91 Å². The van der Waals surface area contributed by atoms with Gasteiger partial charge in [0.2, 0.25) is 0 Å². The third kappa shape index (κ3) is 2.86. The Morgan fingerprint density at radius 1 is 1.20 bits per heavy atom. The van der Waals surface area contributed by atoms with Gasteiger partial charge in [0.05, 0.1) is 16.6 Å². The van der Waals surface area contributed by atoms with E-state index >= 15 is 0 Å². The average molecular weight is 290 g/mol. The molecule has 0 radical (unpaired) electrons. The van der Waals surface area contributed by atoms with Crippen LogP contribution in [0.1, 0.15) is 28.9 Å². The number of para-hydroxylation sites is 1. The number of carbonyl (C=O) groups is 1. The molecule has 0 bridgehead atoms. The number of benzene rings is 2. The summed E-state index contributed by atoms with van der Waals surface area (Å²) in [6.45, 7) is 1.96. The van der Waals surface area contributed by atoms with Crippen LogP contribution in [-0.2, 0) is 0 Å². The predicted molar refractivity (Wildman–Crippen MR) is 82.9 cm³/mol. The van der Waals surface area contributed by atoms with Crippen LogP contribution in [0.4, 0.5) is 11.4 Å². The molecule has 0 saturated heterocycles. The molecule has 0 spiro atoms. The van der Waals surface area contributed by atoms with Crippen LogP contribution in [0.5, 0.6) is 0 Å². The van der Waals surface area contributed by atoms with Crippen molar-refractivity contribution >= 4 is 28.9 Å². The van der Waals surface area contributed by atoms with Crippen molar-refractivity contribution in [3.05, 3.63) is 58.6 Å². The first-order chi connectivity index (χ1) is 9.50. The van der Waals surface area contributed by atoms with E-state index in [2.05, 4.69) is 5.32 Å². The number of hydrogen-bond acceptors (Lipinski definition) is 3. The van der Waals surface area contributed by atoms with E-state index in [1.165, 1.54) is 0 Å². The van der Waals surface area contributed by atoms with E-state index in [4.69, 9.17) is 23.1 Å². The normalized spacial score (nSPS) is 11.9. The molecule has 2 aromatic carbocycles. The molecule has 0 fully saturated rings. The van der Waals surface area contributed by atoms with Gasteiger partial charge in [-0.05, 0) is 30.7 Å². The Morgan fingerprint density at radius 2 is 1.90 bits per heavy atom. The molecule has 0 aliphatic carbocycles. The van der Waals surface area contributed by atoms with Crippen LogP contribution in [-0.4, -0.2) is 5.91 Å². The molecule has 0 aliphatic rings. The number of halogens is 1. The van der Waals surface area contributed by atoms with E-state index in [0.29, 0.717) is 16.4 Å². The van der Waals surface area contributed by atoms with Gasteiger partial charge < -0.3 is 16.8 Å². The Morgan fingerprint density at radius 3 is 2.55 bits per heavy atom. The zero-order chi connectivity index (χ0) is 14.7. The van der Waals surface area contributed by atoms with Crippen LogP contribution >= 0.6 is 11.6 Å². The number of nitrogens with two attached hydrogens (primary N) is 2. The van der Waals surface area contributed by atoms with Crippen LogP contribution in [0.3, 0.4) is 0 Å². The van der Waals surface area contributed by atoms with Crippen molar-refractivity contribution in [2.75, 3.05) is 11.1 Å². The standard InChI is InChI=1S/C15H16ClN3O/c1-9(10-5-2-3-7-12(10)17)19-13-8-4-6-11(16)14(13)15(18)20/h2-9,19H,17H2,1H3,(H2,18,20). The molecule has 4 nitrogen and oxygen atoms in total. The lowest BCUT2D eigenvalue weighted by molar-refractivity contribution is 0.100. The molecule has 20 heavy (non-hydrogen) atoms. The number of primary amides is 1. The lowest BCUT2D eigenvalue weighted by atomic mass is 10.0. The molecule has 2 rings (SSSR count). The molecule has 0 heterocycles. The summed E-state index contributed by atoms with van der Waals surface area (Å²) in [4.78, 5) is 11.5. The first kappa shape index (κ1) is 14.2. The molecule has 0 saturated carbocycles. The van der Waals surface area contributed by atoms with Crippen LogP contribution in [0, 0.1) is 0 Å². The van der Waals surface area contributed by atoms with E-state index in [9.17, 15) is 4.79 Å². The number of anilines is 2. The molecule has 0 aromatic heterocycles. The number of hydrogen-bond donors (Lipinski definition) is 3. The van der Waals surface area contributed by atoms with Crippen molar-refractivity contribution in [2.45, 2.75) is 13.0 Å². The lowest BCUT2D eigenvalue weighted by Gasteiger charge is -2.19. The summed E-state index contributed by atoms with van der Waals surface area (Å²) in [5, 5.41) is 3.55. The summed E-state index contributed by atoms with van der Waals surface area (Å²) >= 11 is 6.02. The van der Waals surface area contributed by atoms with Gasteiger partial charge in [-0.3, -0.25) is 4.79 Å². The summed E-state index contributed by atoms with van der Waals surface area (Å²) in [6, 6.07) is 12.6. The SMILES string of the molecule is CC(Nc1cccc(Cl)c1C(N)=O)c1ccccc1N. The fraction of sp³-hybridized carbons (Fsp3) is 0.133. The Bertz CT molecular complexity index is 643. The zero-order valence-corrected chi connectivity index (χ0v) is 11.8. The molecule has 2 aromatic rings. The Labute approximate surface area is 122 Å². The van der Waals surface area contributed by atoms with E-state index in [1.54, 1.807) is 18.2 Å². The van der Waals surface area contributed by atoms with Crippen molar-refractivity contribution in [3.8, 4) is 0 Å². The minimum atomic E-state index is -0.564. The second-order valence-electron chi connectivity index (χ2n) is 4.52. The fourth-order valence-corrected chi connectivity index (χ4v) is 2.38. The number of amides is 1. The maximum absolute atomic E-state index is 11.5. The van der Waals surface area contributed by atoms with Crippen molar-refractivity contribution in [3.63, 3.8) is 0 Å². The van der Waals surface area contributed by atoms with Gasteiger partial charge in [-0.1, -0.05) is 35.9 Å². The van der Waals surface area contributed by atoms with Gasteiger partial charge >= 0.3 is 0 Å². The molecular formula is C15H16ClN3O. The van der Waals surface area contributed by atoms with Gasteiger partial charge in [0, 0.05) is 11.4 Å². The number of carbonyl (C=O) groups excluding carboxylic acids is 1. The summed E-state index contributed by atoms with van der Waals surface area (Å²) in [5.74, 6) is -0.564. The van der Waals surface area contributed by atoms with Crippen LogP contribution in [0.25, 0.3) is 0 Å². The highest BCUT2D eigenvalue weighted by Crippen LogP contribution is 2.29. The summed E-state index contributed by atoms with van der Waals surface area (Å²) in [7, 11) is 0. The molecule has 5 heteroatoms. The molecule has 1 amide bonds. The molecule has 104 valence electrons. The van der Waals surface area contributed by atoms with Gasteiger partial charge in [-0.15, -0.1) is 0 Å². The summed E-state index contributed by atoms with van der Waals surface area (Å²) < 4.78 is 0. The predicted octanol–water partition coefficient (Wildman–Crippen LogP) is 3.19. The fourth-order valence-electron chi connectivity index (χ4n) is 2.11. The lowest BCUT2D eigenvalue weighted by Crippen LogP contribution is -2.17. The van der Waals surface area contributed by atoms with Gasteiger partial charge in [0.25, 0.3) is 5.91 Å². The maximum atomic E-state index is 11.5. The minimum Gasteiger partial charge on any atom is -0.398 e. The number of nitrogens with one attached hydrogen (secondary N) is 1. The molecule has 1 unspecified atom stereocenters. The van der Waals surface area contributed by atoms with Crippen LogP contribution < -0.4 is 16.8 Å². The van der Waals surface area contributed by atoms with Crippen LogP contribution in [0.15, 0.2) is 42.5 Å². The number of rotatable bonds is 4. The summed E-state index contributed by atoms with van der Waals surface area (Å²) in [6.07, 6.45) is 0. The second kappa shape index (κ2) is 5.84. The average Bonchev–Trinajstić information content (AvgIpc) is 2.38. The largest absolute Gasteiger partial charge is 0.398 e. The second-order valence-corrected chi connectivity index (χ2v) is 4.93. The number of nitrogen functional groups attached to an aromatic ring is 1. The molecular weight excluding hydrogens is 274 g/mol. The van der Waals surface area contributed by atoms with Crippen molar-refractivity contribution in [1.29, 1.82) is 0 Å². The Hall–Kier alpha value is -2.20. The monoisotopic (exact) mass is 289 g/mol. The van der Waals surface area contributed by atoms with E-state index in [0.717, 1.165) is 5.56 Å². The maximum Gasteiger partial charge on any atom is 0.252 e. The first-order valence-corrected chi connectivity index (χ1v) is 6.57. The highest BCUT2D eigenvalue weighted by Gasteiger charge is 2.15. The molecule has 1 atom stereocenters. The topological polar surface area (TPSA) is 81.1 Å². The minimum absolute atomic E-state index is 0.0761. The van der Waals surface area contributed by atoms with Crippen molar-refractivity contribution < 1.29 is 4.79 Å². The Balaban J connectivity index is 2.33. The Kier molecular flexibility index (Phi) is 4.15. The van der Waals surface area contributed by atoms with E-state index in [-0.39, 0.29) is 11.6 Å². The highest BCUT2D eigenvalue weighted by atomic mass is 35.5. The third-order valence-corrected chi connectivity index (χ3v) is 3.41. The third-order valence-electron chi connectivity index (χ3n) is 3.09. The smallest absolute Gasteiger partial charge is 0.252 e. The van der Waals surface area contributed by atoms with Crippen molar-refractivity contribution in [2.24, 2.45) is 5.73 Å².